The van der Waals surface area contributed by atoms with E-state index in [0.717, 1.165) is 0 Å². The van der Waals surface area contributed by atoms with Gasteiger partial charge in [-0.15, -0.1) is 0 Å². The van der Waals surface area contributed by atoms with Gasteiger partial charge in [0.2, 0.25) is 0 Å². The highest BCUT2D eigenvalue weighted by atomic mass is 32.2. The number of H-pyrrole nitrogens is 1. The molecule has 0 amide bonds. The van der Waals surface area contributed by atoms with Crippen LogP contribution in [0.4, 0.5) is 0 Å². The van der Waals surface area contributed by atoms with Crippen LogP contribution in [-0.2, 0) is 14.8 Å². The summed E-state index contributed by atoms with van der Waals surface area (Å²) in [4.78, 5) is 6.49. The monoisotopic (exact) mass is 233 g/mol. The van der Waals surface area contributed by atoms with Crippen LogP contribution < -0.4 is 4.72 Å². The fraction of sp³-hybridized carbons (Fsp3) is 0.625. The lowest BCUT2D eigenvalue weighted by Crippen LogP contribution is -2.35. The molecule has 0 aliphatic heterocycles. The predicted octanol–water partition coefficient (Wildman–Crippen LogP) is 0.0313. The average molecular weight is 233 g/mol. The van der Waals surface area contributed by atoms with E-state index in [1.165, 1.54) is 13.3 Å². The number of aromatic amines is 1. The first-order valence-corrected chi connectivity index (χ1v) is 5.97. The maximum Gasteiger partial charge on any atom is 0.257 e. The van der Waals surface area contributed by atoms with E-state index in [4.69, 9.17) is 4.74 Å². The van der Waals surface area contributed by atoms with Gasteiger partial charge in [0.05, 0.1) is 12.8 Å². The largest absolute Gasteiger partial charge is 0.383 e. The summed E-state index contributed by atoms with van der Waals surface area (Å²) in [6, 6.07) is -0.274. The zero-order valence-electron chi connectivity index (χ0n) is 8.94. The topological polar surface area (TPSA) is 84.1 Å². The molecule has 15 heavy (non-hydrogen) atoms. The molecule has 0 aliphatic carbocycles. The van der Waals surface area contributed by atoms with Gasteiger partial charge < -0.3 is 9.72 Å². The van der Waals surface area contributed by atoms with Crippen LogP contribution in [0.25, 0.3) is 0 Å². The van der Waals surface area contributed by atoms with Gasteiger partial charge in [-0.25, -0.2) is 18.1 Å². The zero-order valence-corrected chi connectivity index (χ0v) is 9.76. The number of nitrogens with zero attached hydrogens (tertiary/aromatic N) is 1. The highest BCUT2D eigenvalue weighted by Crippen LogP contribution is 2.05. The van der Waals surface area contributed by atoms with Gasteiger partial charge in [0, 0.05) is 13.2 Å². The summed E-state index contributed by atoms with van der Waals surface area (Å²) in [5, 5.41) is 0.0722. The molecule has 2 N–H and O–H groups in total. The van der Waals surface area contributed by atoms with Crippen molar-refractivity contribution in [2.75, 3.05) is 13.7 Å². The number of nitrogens with one attached hydrogen (secondary N) is 2. The Kier molecular flexibility index (Phi) is 3.83. The van der Waals surface area contributed by atoms with Crippen LogP contribution in [0, 0.1) is 6.92 Å². The normalized spacial score (nSPS) is 14.1. The maximum atomic E-state index is 11.7. The molecule has 1 atom stereocenters. The third-order valence-corrected chi connectivity index (χ3v) is 3.24. The maximum absolute atomic E-state index is 11.7. The molecule has 1 aromatic heterocycles. The molecule has 0 fully saturated rings. The Hall–Kier alpha value is -0.920. The SMILES string of the molecule is COCC(C)NS(=O)(=O)c1cnc(C)[nH]1. The van der Waals surface area contributed by atoms with Crippen molar-refractivity contribution in [3.05, 3.63) is 12.0 Å². The minimum absolute atomic E-state index is 0.0722. The van der Waals surface area contributed by atoms with Gasteiger partial charge >= 0.3 is 0 Å². The van der Waals surface area contributed by atoms with Gasteiger partial charge in [0.15, 0.2) is 5.03 Å². The van der Waals surface area contributed by atoms with E-state index in [9.17, 15) is 8.42 Å². The van der Waals surface area contributed by atoms with Crippen molar-refractivity contribution < 1.29 is 13.2 Å². The molecule has 0 bridgehead atoms. The van der Waals surface area contributed by atoms with Crippen LogP contribution in [0.1, 0.15) is 12.7 Å². The Morgan fingerprint density at radius 2 is 2.33 bits per heavy atom. The molecule has 0 saturated heterocycles. The van der Waals surface area contributed by atoms with Crippen LogP contribution in [0.5, 0.6) is 0 Å². The van der Waals surface area contributed by atoms with Crippen molar-refractivity contribution in [1.29, 1.82) is 0 Å². The molecule has 0 saturated carbocycles. The van der Waals surface area contributed by atoms with E-state index in [1.54, 1.807) is 13.8 Å². The standard InChI is InChI=1S/C8H15N3O3S/c1-6(5-14-3)11-15(12,13)8-4-9-7(2)10-8/h4,6,11H,5H2,1-3H3,(H,9,10). The van der Waals surface area contributed by atoms with Crippen molar-refractivity contribution in [2.24, 2.45) is 0 Å². The van der Waals surface area contributed by atoms with Crippen LogP contribution in [0.3, 0.4) is 0 Å². The van der Waals surface area contributed by atoms with Crippen molar-refractivity contribution in [1.82, 2.24) is 14.7 Å². The number of aryl methyl sites for hydroxylation is 1. The number of sulfonamides is 1. The second kappa shape index (κ2) is 4.73. The Morgan fingerprint density at radius 3 is 2.80 bits per heavy atom. The van der Waals surface area contributed by atoms with Gasteiger partial charge in [-0.2, -0.15) is 0 Å². The number of imidazole rings is 1. The van der Waals surface area contributed by atoms with Gasteiger partial charge in [0.1, 0.15) is 5.82 Å². The molecule has 0 spiro atoms. The third-order valence-electron chi connectivity index (χ3n) is 1.74. The molecule has 1 unspecified atom stereocenters. The van der Waals surface area contributed by atoms with E-state index < -0.39 is 10.0 Å². The first-order valence-electron chi connectivity index (χ1n) is 4.48. The fourth-order valence-electron chi connectivity index (χ4n) is 1.15. The lowest BCUT2D eigenvalue weighted by atomic mass is 10.4. The number of ether oxygens (including phenoxy) is 1. The summed E-state index contributed by atoms with van der Waals surface area (Å²) in [7, 11) is -1.99. The smallest absolute Gasteiger partial charge is 0.257 e. The summed E-state index contributed by atoms with van der Waals surface area (Å²) in [5.41, 5.74) is 0. The van der Waals surface area contributed by atoms with E-state index >= 15 is 0 Å². The van der Waals surface area contributed by atoms with Gasteiger partial charge in [-0.05, 0) is 13.8 Å². The van der Waals surface area contributed by atoms with Crippen molar-refractivity contribution in [3.8, 4) is 0 Å². The molecule has 0 aliphatic rings. The number of aromatic nitrogens is 2. The van der Waals surface area contributed by atoms with Crippen molar-refractivity contribution in [2.45, 2.75) is 24.9 Å². The minimum Gasteiger partial charge on any atom is -0.383 e. The highest BCUT2D eigenvalue weighted by molar-refractivity contribution is 7.89. The number of hydrogen-bond donors (Lipinski definition) is 2. The molecular formula is C8H15N3O3S. The van der Waals surface area contributed by atoms with E-state index in [2.05, 4.69) is 14.7 Å². The van der Waals surface area contributed by atoms with Crippen LogP contribution in [-0.4, -0.2) is 38.1 Å². The van der Waals surface area contributed by atoms with Crippen LogP contribution >= 0.6 is 0 Å². The molecule has 0 radical (unpaired) electrons. The van der Waals surface area contributed by atoms with E-state index in [0.29, 0.717) is 12.4 Å². The highest BCUT2D eigenvalue weighted by Gasteiger charge is 2.18. The summed E-state index contributed by atoms with van der Waals surface area (Å²) in [6.45, 7) is 3.74. The second-order valence-corrected chi connectivity index (χ2v) is 4.99. The van der Waals surface area contributed by atoms with Crippen molar-refractivity contribution >= 4 is 10.0 Å². The summed E-state index contributed by atoms with van der Waals surface area (Å²) >= 11 is 0. The predicted molar refractivity (Wildman–Crippen MR) is 55.0 cm³/mol. The number of methoxy groups -OCH3 is 1. The molecule has 1 heterocycles. The van der Waals surface area contributed by atoms with Gasteiger partial charge in [-0.3, -0.25) is 0 Å². The minimum atomic E-state index is -3.51. The molecule has 0 aromatic carbocycles. The fourth-order valence-corrected chi connectivity index (χ4v) is 2.35. The van der Waals surface area contributed by atoms with Crippen LogP contribution in [0.2, 0.25) is 0 Å². The van der Waals surface area contributed by atoms with E-state index in [1.807, 2.05) is 0 Å². The van der Waals surface area contributed by atoms with Crippen LogP contribution in [0.15, 0.2) is 11.2 Å². The lowest BCUT2D eigenvalue weighted by molar-refractivity contribution is 0.180. The molecule has 7 heteroatoms. The molecule has 1 aromatic rings. The van der Waals surface area contributed by atoms with E-state index in [-0.39, 0.29) is 11.1 Å². The first-order chi connectivity index (χ1) is 6.95. The molecule has 6 nitrogen and oxygen atoms in total. The Morgan fingerprint density at radius 1 is 1.67 bits per heavy atom. The molecule has 86 valence electrons. The third kappa shape index (κ3) is 3.29. The lowest BCUT2D eigenvalue weighted by Gasteiger charge is -2.11. The summed E-state index contributed by atoms with van der Waals surface area (Å²) < 4.78 is 30.7. The van der Waals surface area contributed by atoms with Crippen molar-refractivity contribution in [3.63, 3.8) is 0 Å². The summed E-state index contributed by atoms with van der Waals surface area (Å²) in [6.07, 6.45) is 1.29. The first kappa shape index (κ1) is 12.2. The molecule has 1 rings (SSSR count). The quantitative estimate of drug-likeness (QED) is 0.751. The average Bonchev–Trinajstić information content (AvgIpc) is 2.51. The summed E-state index contributed by atoms with van der Waals surface area (Å²) in [5.74, 6) is 0.565. The molecular weight excluding hydrogens is 218 g/mol. The Labute approximate surface area is 89.1 Å². The zero-order chi connectivity index (χ0) is 11.5. The second-order valence-electron chi connectivity index (χ2n) is 3.31. The Balaban J connectivity index is 2.76. The van der Waals surface area contributed by atoms with Gasteiger partial charge in [-0.1, -0.05) is 0 Å². The van der Waals surface area contributed by atoms with Gasteiger partial charge in [0.25, 0.3) is 10.0 Å². The Bertz CT molecular complexity index is 413. The number of rotatable bonds is 5. The number of hydrogen-bond acceptors (Lipinski definition) is 4.